The number of nitrogens with zero attached hydrogens (tertiary/aromatic N) is 2. The Bertz CT molecular complexity index is 747. The van der Waals surface area contributed by atoms with Gasteiger partial charge in [-0.15, -0.1) is 0 Å². The van der Waals surface area contributed by atoms with Crippen molar-refractivity contribution in [3.05, 3.63) is 41.6 Å². The number of Topliss-reactive ketones (excluding diaryl/α,β-unsaturated/α-hetero) is 1. The number of aryl methyl sites for hydroxylation is 1. The predicted octanol–water partition coefficient (Wildman–Crippen LogP) is 4.10. The van der Waals surface area contributed by atoms with Gasteiger partial charge in [-0.25, -0.2) is 0 Å². The fraction of sp³-hybridized carbons (Fsp3) is 0.524. The number of pyridine rings is 1. The number of hydrogen-bond acceptors (Lipinski definition) is 3. The van der Waals surface area contributed by atoms with Crippen molar-refractivity contribution in [1.82, 2.24) is 9.88 Å². The lowest BCUT2D eigenvalue weighted by molar-refractivity contribution is 0.0441. The Labute approximate surface area is 144 Å². The maximum absolute atomic E-state index is 12.8. The van der Waals surface area contributed by atoms with E-state index in [9.17, 15) is 4.79 Å². The molecule has 3 saturated heterocycles. The smallest absolute Gasteiger partial charge is 0.163 e. The minimum Gasteiger partial charge on any atom is -0.303 e. The van der Waals surface area contributed by atoms with E-state index < -0.39 is 0 Å². The van der Waals surface area contributed by atoms with Gasteiger partial charge in [0.25, 0.3) is 0 Å². The molecule has 1 unspecified atom stereocenters. The van der Waals surface area contributed by atoms with Crippen LogP contribution in [0.25, 0.3) is 10.9 Å². The Morgan fingerprint density at radius 1 is 1.21 bits per heavy atom. The molecule has 5 rings (SSSR count). The maximum atomic E-state index is 12.8. The largest absolute Gasteiger partial charge is 0.303 e. The van der Waals surface area contributed by atoms with Crippen LogP contribution in [0.15, 0.2) is 30.3 Å². The summed E-state index contributed by atoms with van der Waals surface area (Å²) in [5, 5.41) is 1.12. The van der Waals surface area contributed by atoms with Crippen LogP contribution in [0.4, 0.5) is 0 Å². The Morgan fingerprint density at radius 3 is 2.71 bits per heavy atom. The maximum Gasteiger partial charge on any atom is 0.163 e. The van der Waals surface area contributed by atoms with Gasteiger partial charge in [0.05, 0.1) is 5.52 Å². The fourth-order valence-electron chi connectivity index (χ4n) is 4.40. The molecule has 3 aliphatic heterocycles. The van der Waals surface area contributed by atoms with Crippen LogP contribution in [0.1, 0.15) is 48.7 Å². The monoisotopic (exact) mass is 322 g/mol. The van der Waals surface area contributed by atoms with Crippen LogP contribution in [-0.2, 0) is 6.42 Å². The summed E-state index contributed by atoms with van der Waals surface area (Å²) >= 11 is 0. The number of hydrogen-bond donors (Lipinski definition) is 0. The summed E-state index contributed by atoms with van der Waals surface area (Å²) in [6.45, 7) is 5.74. The molecule has 1 aromatic carbocycles. The summed E-state index contributed by atoms with van der Waals surface area (Å²) < 4.78 is 0. The second kappa shape index (κ2) is 6.64. The predicted molar refractivity (Wildman–Crippen MR) is 97.3 cm³/mol. The van der Waals surface area contributed by atoms with E-state index in [2.05, 4.69) is 24.0 Å². The first-order valence-electron chi connectivity index (χ1n) is 9.38. The van der Waals surface area contributed by atoms with Gasteiger partial charge in [0.15, 0.2) is 5.78 Å². The van der Waals surface area contributed by atoms with E-state index in [-0.39, 0.29) is 0 Å². The number of ketones is 1. The minimum absolute atomic E-state index is 0.290. The Kier molecular flexibility index (Phi) is 4.36. The molecule has 0 radical (unpaired) electrons. The molecule has 3 fully saturated rings. The van der Waals surface area contributed by atoms with Gasteiger partial charge in [-0.1, -0.05) is 31.5 Å². The highest BCUT2D eigenvalue weighted by atomic mass is 16.1. The molecule has 0 aliphatic carbocycles. The third kappa shape index (κ3) is 3.10. The summed E-state index contributed by atoms with van der Waals surface area (Å²) in [7, 11) is 0. The van der Waals surface area contributed by atoms with Crippen LogP contribution in [-0.4, -0.2) is 35.3 Å². The Morgan fingerprint density at radius 2 is 2.00 bits per heavy atom. The fourth-order valence-corrected chi connectivity index (χ4v) is 4.40. The van der Waals surface area contributed by atoms with Crippen LogP contribution >= 0.6 is 0 Å². The zero-order chi connectivity index (χ0) is 16.5. The van der Waals surface area contributed by atoms with Crippen LogP contribution in [0, 0.1) is 11.8 Å². The van der Waals surface area contributed by atoms with E-state index in [1.165, 1.54) is 25.9 Å². The molecular formula is C21H26N2O. The number of benzene rings is 1. The first-order valence-corrected chi connectivity index (χ1v) is 9.38. The molecule has 1 aromatic heterocycles. The molecule has 0 saturated carbocycles. The van der Waals surface area contributed by atoms with Crippen LogP contribution in [0.3, 0.4) is 0 Å². The number of piperidine rings is 3. The van der Waals surface area contributed by atoms with Gasteiger partial charge < -0.3 is 4.90 Å². The lowest BCUT2D eigenvalue weighted by atomic mass is 9.76. The highest BCUT2D eigenvalue weighted by Gasteiger charge is 2.35. The Hall–Kier alpha value is -1.74. The molecular weight excluding hydrogens is 296 g/mol. The molecule has 24 heavy (non-hydrogen) atoms. The van der Waals surface area contributed by atoms with E-state index in [4.69, 9.17) is 4.98 Å². The van der Waals surface area contributed by atoms with Gasteiger partial charge in [0.2, 0.25) is 0 Å². The second-order valence-electron chi connectivity index (χ2n) is 7.49. The highest BCUT2D eigenvalue weighted by molar-refractivity contribution is 5.99. The lowest BCUT2D eigenvalue weighted by Gasteiger charge is -2.44. The van der Waals surface area contributed by atoms with Gasteiger partial charge in [-0.2, -0.15) is 0 Å². The van der Waals surface area contributed by atoms with Crippen molar-refractivity contribution in [2.45, 2.75) is 39.0 Å². The third-order valence-electron chi connectivity index (χ3n) is 5.82. The van der Waals surface area contributed by atoms with Gasteiger partial charge in [0.1, 0.15) is 0 Å². The number of carbonyl (C=O) groups excluding carboxylic acids is 1. The summed E-state index contributed by atoms with van der Waals surface area (Å²) in [5.74, 6) is 1.60. The standard InChI is InChI=1S/C21H26N2O/c1-2-3-19-7-6-16-4-5-17(12-20(16)22-19)21(24)13-18-14-23-10-8-15(18)9-11-23/h4-7,12,15,18H,2-3,8-11,13-14H2,1H3. The third-order valence-corrected chi connectivity index (χ3v) is 5.82. The summed E-state index contributed by atoms with van der Waals surface area (Å²) in [5.41, 5.74) is 2.91. The Balaban J connectivity index is 1.53. The van der Waals surface area contributed by atoms with Gasteiger partial charge in [0, 0.05) is 29.6 Å². The number of carbonyl (C=O) groups is 1. The lowest BCUT2D eigenvalue weighted by Crippen LogP contribution is -2.47. The number of fused-ring (bicyclic) bond motifs is 4. The molecule has 4 heterocycles. The molecule has 0 N–H and O–H groups in total. The molecule has 3 heteroatoms. The number of aromatic nitrogens is 1. The van der Waals surface area contributed by atoms with E-state index >= 15 is 0 Å². The molecule has 0 amide bonds. The van der Waals surface area contributed by atoms with Crippen LogP contribution < -0.4 is 0 Å². The van der Waals surface area contributed by atoms with Gasteiger partial charge in [-0.05, 0) is 56.3 Å². The average molecular weight is 322 g/mol. The molecule has 2 aromatic rings. The summed E-state index contributed by atoms with van der Waals surface area (Å²) in [6.07, 6.45) is 5.33. The first kappa shape index (κ1) is 15.8. The van der Waals surface area contributed by atoms with E-state index in [1.54, 1.807) is 0 Å². The van der Waals surface area contributed by atoms with Crippen molar-refractivity contribution in [2.75, 3.05) is 19.6 Å². The minimum atomic E-state index is 0.290. The van der Waals surface area contributed by atoms with Crippen LogP contribution in [0.5, 0.6) is 0 Å². The molecule has 126 valence electrons. The zero-order valence-electron chi connectivity index (χ0n) is 14.5. The van der Waals surface area contributed by atoms with E-state index in [1.807, 2.05) is 18.2 Å². The van der Waals surface area contributed by atoms with Gasteiger partial charge >= 0.3 is 0 Å². The topological polar surface area (TPSA) is 33.2 Å². The number of rotatable bonds is 5. The summed E-state index contributed by atoms with van der Waals surface area (Å²) in [4.78, 5) is 20.1. The van der Waals surface area contributed by atoms with E-state index in [0.29, 0.717) is 18.1 Å². The SMILES string of the molecule is CCCc1ccc2ccc(C(=O)CC3CN4CCC3CC4)cc2n1. The highest BCUT2D eigenvalue weighted by Crippen LogP contribution is 2.35. The first-order chi connectivity index (χ1) is 11.7. The molecule has 3 nitrogen and oxygen atoms in total. The normalized spacial score (nSPS) is 26.0. The quantitative estimate of drug-likeness (QED) is 0.777. The molecule has 3 aliphatic rings. The van der Waals surface area contributed by atoms with Crippen molar-refractivity contribution in [3.8, 4) is 0 Å². The average Bonchev–Trinajstić information content (AvgIpc) is 2.62. The molecule has 0 spiro atoms. The van der Waals surface area contributed by atoms with Crippen molar-refractivity contribution in [1.29, 1.82) is 0 Å². The van der Waals surface area contributed by atoms with Crippen molar-refractivity contribution in [2.24, 2.45) is 11.8 Å². The summed E-state index contributed by atoms with van der Waals surface area (Å²) in [6, 6.07) is 10.2. The van der Waals surface area contributed by atoms with Crippen molar-refractivity contribution in [3.63, 3.8) is 0 Å². The van der Waals surface area contributed by atoms with Crippen molar-refractivity contribution < 1.29 is 4.79 Å². The zero-order valence-corrected chi connectivity index (χ0v) is 14.5. The van der Waals surface area contributed by atoms with Gasteiger partial charge in [-0.3, -0.25) is 9.78 Å². The van der Waals surface area contributed by atoms with Crippen molar-refractivity contribution >= 4 is 16.7 Å². The molecule has 1 atom stereocenters. The van der Waals surface area contributed by atoms with E-state index in [0.717, 1.165) is 47.5 Å². The van der Waals surface area contributed by atoms with Crippen LogP contribution in [0.2, 0.25) is 0 Å². The molecule has 2 bridgehead atoms. The second-order valence-corrected chi connectivity index (χ2v) is 7.49.